The number of benzene rings is 3. The molecule has 1 heterocycles. The van der Waals surface area contributed by atoms with Gasteiger partial charge in [0.1, 0.15) is 0 Å². The van der Waals surface area contributed by atoms with Crippen LogP contribution in [-0.2, 0) is 10.0 Å². The third kappa shape index (κ3) is 5.10. The Balaban J connectivity index is 1.47. The summed E-state index contributed by atoms with van der Waals surface area (Å²) in [5.41, 5.74) is 2.65. The van der Waals surface area contributed by atoms with Crippen LogP contribution >= 0.6 is 11.6 Å². The Kier molecular flexibility index (Phi) is 6.38. The van der Waals surface area contributed by atoms with E-state index >= 15 is 0 Å². The largest absolute Gasteiger partial charge is 0.395 e. The molecule has 0 radical (unpaired) electrons. The van der Waals surface area contributed by atoms with Gasteiger partial charge in [0.2, 0.25) is 10.0 Å². The van der Waals surface area contributed by atoms with Crippen LogP contribution in [0.1, 0.15) is 36.0 Å². The molecule has 0 unspecified atom stereocenters. The standard InChI is InChI=1S/C26H28ClN3O4S/c27-22-5-1-4-20-19(22)3-2-6-23(20)28-25(32)21-8-7-18(29-35(33,34)16-15-31)17-24(21)30-13-11-26(9-10-26)12-14-30/h1-8,17,29,31H,9-16H2,(H,28,32). The Bertz CT molecular complexity index is 1380. The van der Waals surface area contributed by atoms with Crippen LogP contribution in [0, 0.1) is 5.41 Å². The minimum atomic E-state index is -3.68. The molecule has 2 aliphatic rings. The monoisotopic (exact) mass is 513 g/mol. The minimum Gasteiger partial charge on any atom is -0.395 e. The number of nitrogens with one attached hydrogen (secondary N) is 2. The zero-order valence-corrected chi connectivity index (χ0v) is 20.8. The third-order valence-corrected chi connectivity index (χ3v) is 8.71. The van der Waals surface area contributed by atoms with E-state index in [1.54, 1.807) is 18.2 Å². The van der Waals surface area contributed by atoms with Gasteiger partial charge >= 0.3 is 0 Å². The molecule has 1 amide bonds. The van der Waals surface area contributed by atoms with E-state index < -0.39 is 16.6 Å². The van der Waals surface area contributed by atoms with Crippen molar-refractivity contribution >= 4 is 55.4 Å². The first-order chi connectivity index (χ1) is 16.8. The molecule has 1 aliphatic heterocycles. The number of anilines is 3. The molecule has 184 valence electrons. The molecule has 2 fully saturated rings. The van der Waals surface area contributed by atoms with Gasteiger partial charge in [-0.2, -0.15) is 0 Å². The van der Waals surface area contributed by atoms with Gasteiger partial charge in [-0.25, -0.2) is 8.42 Å². The Morgan fingerprint density at radius 1 is 1.00 bits per heavy atom. The number of halogens is 1. The van der Waals surface area contributed by atoms with Crippen LogP contribution in [-0.4, -0.2) is 44.9 Å². The number of amides is 1. The number of rotatable bonds is 7. The first-order valence-corrected chi connectivity index (χ1v) is 13.8. The molecule has 7 nitrogen and oxygen atoms in total. The van der Waals surface area contributed by atoms with Crippen molar-refractivity contribution in [2.45, 2.75) is 25.7 Å². The average molecular weight is 514 g/mol. The van der Waals surface area contributed by atoms with Gasteiger partial charge in [0, 0.05) is 34.6 Å². The van der Waals surface area contributed by atoms with Crippen molar-refractivity contribution in [3.05, 3.63) is 65.2 Å². The SMILES string of the molecule is O=C(Nc1cccc2c(Cl)cccc12)c1ccc(NS(=O)(=O)CCO)cc1N1CCC2(CC1)CC2. The predicted molar refractivity (Wildman–Crippen MR) is 141 cm³/mol. The summed E-state index contributed by atoms with van der Waals surface area (Å²) in [4.78, 5) is 15.7. The van der Waals surface area contributed by atoms with Gasteiger partial charge in [0.15, 0.2) is 0 Å². The number of aliphatic hydroxyl groups is 1. The van der Waals surface area contributed by atoms with Crippen LogP contribution in [0.25, 0.3) is 10.8 Å². The summed E-state index contributed by atoms with van der Waals surface area (Å²) in [6.45, 7) is 1.17. The summed E-state index contributed by atoms with van der Waals surface area (Å²) in [5.74, 6) is -0.663. The molecule has 3 N–H and O–H groups in total. The van der Waals surface area contributed by atoms with Gasteiger partial charge in [0.25, 0.3) is 5.91 Å². The normalized spacial score (nSPS) is 16.9. The molecule has 1 aliphatic carbocycles. The molecular formula is C26H28ClN3O4S. The molecule has 0 atom stereocenters. The van der Waals surface area contributed by atoms with Gasteiger partial charge < -0.3 is 15.3 Å². The van der Waals surface area contributed by atoms with Crippen molar-refractivity contribution in [1.82, 2.24) is 0 Å². The van der Waals surface area contributed by atoms with Crippen molar-refractivity contribution < 1.29 is 18.3 Å². The third-order valence-electron chi connectivity index (χ3n) is 7.11. The van der Waals surface area contributed by atoms with Crippen LogP contribution in [0.4, 0.5) is 17.1 Å². The van der Waals surface area contributed by atoms with Gasteiger partial charge in [-0.15, -0.1) is 0 Å². The van der Waals surface area contributed by atoms with Gasteiger partial charge in [-0.3, -0.25) is 9.52 Å². The molecule has 1 saturated carbocycles. The van der Waals surface area contributed by atoms with Crippen LogP contribution in [0.2, 0.25) is 5.02 Å². The maximum Gasteiger partial charge on any atom is 0.257 e. The van der Waals surface area contributed by atoms with Crippen LogP contribution in [0.5, 0.6) is 0 Å². The molecule has 3 aromatic carbocycles. The number of hydrogen-bond acceptors (Lipinski definition) is 5. The molecule has 9 heteroatoms. The summed E-state index contributed by atoms with van der Waals surface area (Å²) >= 11 is 6.34. The molecule has 35 heavy (non-hydrogen) atoms. The van der Waals surface area contributed by atoms with E-state index in [4.69, 9.17) is 16.7 Å². The first kappa shape index (κ1) is 23.9. The van der Waals surface area contributed by atoms with E-state index in [0.717, 1.165) is 36.7 Å². The Morgan fingerprint density at radius 2 is 1.71 bits per heavy atom. The number of hydrogen-bond donors (Lipinski definition) is 3. The number of nitrogens with zero attached hydrogens (tertiary/aromatic N) is 1. The molecule has 5 rings (SSSR count). The molecule has 3 aromatic rings. The quantitative estimate of drug-likeness (QED) is 0.419. The maximum absolute atomic E-state index is 13.5. The summed E-state index contributed by atoms with van der Waals surface area (Å²) in [5, 5.41) is 14.4. The molecule has 1 spiro atoms. The van der Waals surface area contributed by atoms with Crippen LogP contribution in [0.15, 0.2) is 54.6 Å². The fourth-order valence-corrected chi connectivity index (χ4v) is 5.93. The second-order valence-corrected chi connectivity index (χ2v) is 11.7. The zero-order chi connectivity index (χ0) is 24.6. The van der Waals surface area contributed by atoms with E-state index in [-0.39, 0.29) is 11.7 Å². The van der Waals surface area contributed by atoms with Gasteiger partial charge in [0.05, 0.1) is 29.3 Å². The van der Waals surface area contributed by atoms with Gasteiger partial charge in [-0.1, -0.05) is 35.9 Å². The summed E-state index contributed by atoms with van der Waals surface area (Å²) in [6.07, 6.45) is 4.66. The van der Waals surface area contributed by atoms with E-state index in [0.29, 0.717) is 33.1 Å². The summed E-state index contributed by atoms with van der Waals surface area (Å²) < 4.78 is 26.9. The number of sulfonamides is 1. The summed E-state index contributed by atoms with van der Waals surface area (Å²) in [6, 6.07) is 16.1. The highest BCUT2D eigenvalue weighted by Gasteiger charge is 2.44. The van der Waals surface area contributed by atoms with Crippen molar-refractivity contribution in [2.24, 2.45) is 5.41 Å². The molecule has 1 saturated heterocycles. The van der Waals surface area contributed by atoms with Crippen molar-refractivity contribution in [3.63, 3.8) is 0 Å². The first-order valence-electron chi connectivity index (χ1n) is 11.8. The number of carbonyl (C=O) groups is 1. The van der Waals surface area contributed by atoms with Gasteiger partial charge in [-0.05, 0) is 61.4 Å². The highest BCUT2D eigenvalue weighted by molar-refractivity contribution is 7.92. The fourth-order valence-electron chi connectivity index (χ4n) is 4.87. The highest BCUT2D eigenvalue weighted by atomic mass is 35.5. The van der Waals surface area contributed by atoms with E-state index in [9.17, 15) is 13.2 Å². The lowest BCUT2D eigenvalue weighted by Gasteiger charge is -2.35. The number of piperidine rings is 1. The highest BCUT2D eigenvalue weighted by Crippen LogP contribution is 2.54. The topological polar surface area (TPSA) is 98.7 Å². The van der Waals surface area contributed by atoms with Crippen LogP contribution < -0.4 is 14.9 Å². The number of aliphatic hydroxyl groups excluding tert-OH is 1. The zero-order valence-electron chi connectivity index (χ0n) is 19.3. The van der Waals surface area contributed by atoms with Crippen molar-refractivity contribution in [2.75, 3.05) is 40.4 Å². The number of carbonyl (C=O) groups excluding carboxylic acids is 1. The van der Waals surface area contributed by atoms with Crippen molar-refractivity contribution in [3.8, 4) is 0 Å². The maximum atomic E-state index is 13.5. The smallest absolute Gasteiger partial charge is 0.257 e. The molecule has 0 aromatic heterocycles. The minimum absolute atomic E-state index is 0.274. The number of fused-ring (bicyclic) bond motifs is 1. The molecular weight excluding hydrogens is 486 g/mol. The lowest BCUT2D eigenvalue weighted by Crippen LogP contribution is -2.35. The van der Waals surface area contributed by atoms with E-state index in [1.807, 2.05) is 36.4 Å². The lowest BCUT2D eigenvalue weighted by molar-refractivity contribution is 0.102. The van der Waals surface area contributed by atoms with E-state index in [2.05, 4.69) is 14.9 Å². The fraction of sp³-hybridized carbons (Fsp3) is 0.346. The van der Waals surface area contributed by atoms with Crippen LogP contribution in [0.3, 0.4) is 0 Å². The van der Waals surface area contributed by atoms with E-state index in [1.165, 1.54) is 12.8 Å². The average Bonchev–Trinajstić information content (AvgIpc) is 3.58. The lowest BCUT2D eigenvalue weighted by atomic mass is 9.93. The predicted octanol–water partition coefficient (Wildman–Crippen LogP) is 4.86. The second kappa shape index (κ2) is 9.33. The second-order valence-electron chi connectivity index (χ2n) is 9.46. The molecule has 0 bridgehead atoms. The Morgan fingerprint density at radius 3 is 2.43 bits per heavy atom. The Hall–Kier alpha value is -2.81. The Labute approximate surface area is 210 Å². The van der Waals surface area contributed by atoms with Crippen molar-refractivity contribution in [1.29, 1.82) is 0 Å². The summed E-state index contributed by atoms with van der Waals surface area (Å²) in [7, 11) is -3.68.